The van der Waals surface area contributed by atoms with Crippen molar-refractivity contribution < 1.29 is 19.0 Å². The van der Waals surface area contributed by atoms with Gasteiger partial charge in [0.1, 0.15) is 17.4 Å². The third-order valence-corrected chi connectivity index (χ3v) is 4.37. The second-order valence-electron chi connectivity index (χ2n) is 5.29. The molecule has 140 valence electrons. The van der Waals surface area contributed by atoms with E-state index in [0.717, 1.165) is 3.57 Å². The lowest BCUT2D eigenvalue weighted by Gasteiger charge is -2.12. The summed E-state index contributed by atoms with van der Waals surface area (Å²) < 4.78 is 17.0. The van der Waals surface area contributed by atoms with Gasteiger partial charge in [0, 0.05) is 0 Å². The summed E-state index contributed by atoms with van der Waals surface area (Å²) in [5.41, 5.74) is 1.11. The van der Waals surface area contributed by atoms with Crippen LogP contribution in [0, 0.1) is 14.9 Å². The van der Waals surface area contributed by atoms with E-state index in [-0.39, 0.29) is 5.57 Å². The highest BCUT2D eigenvalue weighted by Crippen LogP contribution is 2.34. The Morgan fingerprint density at radius 3 is 2.56 bits per heavy atom. The fraction of sp³-hybridized carbons (Fsp3) is 0.200. The minimum atomic E-state index is -0.523. The highest BCUT2D eigenvalue weighted by molar-refractivity contribution is 14.1. The largest absolute Gasteiger partial charge is 0.495 e. The van der Waals surface area contributed by atoms with Gasteiger partial charge in [0.15, 0.2) is 11.5 Å². The third kappa shape index (κ3) is 5.14. The number of carbonyl (C=O) groups excluding carboxylic acids is 1. The van der Waals surface area contributed by atoms with Crippen LogP contribution in [0.3, 0.4) is 0 Å². The highest BCUT2D eigenvalue weighted by Gasteiger charge is 2.15. The van der Waals surface area contributed by atoms with Gasteiger partial charge in [-0.05, 0) is 65.4 Å². The van der Waals surface area contributed by atoms with Gasteiger partial charge in [-0.15, -0.1) is 0 Å². The van der Waals surface area contributed by atoms with E-state index in [2.05, 4.69) is 27.9 Å². The monoisotopic (exact) mass is 478 g/mol. The smallest absolute Gasteiger partial charge is 0.266 e. The average Bonchev–Trinajstić information content (AvgIpc) is 2.68. The molecule has 0 aromatic heterocycles. The van der Waals surface area contributed by atoms with Crippen molar-refractivity contribution in [2.24, 2.45) is 0 Å². The standard InChI is InChI=1S/C20H19IN2O4/c1-4-27-19-15(21)10-13(11-18(19)26-3)9-14(12-22)20(24)23-16-7-5-6-8-17(16)25-2/h5-11H,4H2,1-3H3,(H,23,24)/b14-9+. The van der Waals surface area contributed by atoms with Crippen molar-refractivity contribution in [2.45, 2.75) is 6.92 Å². The summed E-state index contributed by atoms with van der Waals surface area (Å²) in [6, 6.07) is 12.5. The molecule has 0 unspecified atom stereocenters. The van der Waals surface area contributed by atoms with Crippen LogP contribution in [0.15, 0.2) is 42.0 Å². The molecule has 1 amide bonds. The number of methoxy groups -OCH3 is 2. The Bertz CT molecular complexity index is 903. The average molecular weight is 478 g/mol. The van der Waals surface area contributed by atoms with E-state index in [1.54, 1.807) is 37.4 Å². The maximum Gasteiger partial charge on any atom is 0.266 e. The number of para-hydroxylation sites is 2. The van der Waals surface area contributed by atoms with Crippen LogP contribution in [-0.2, 0) is 4.79 Å². The molecule has 0 saturated carbocycles. The quantitative estimate of drug-likeness (QED) is 0.366. The zero-order valence-electron chi connectivity index (χ0n) is 15.2. The van der Waals surface area contributed by atoms with E-state index < -0.39 is 5.91 Å². The lowest BCUT2D eigenvalue weighted by Crippen LogP contribution is -2.14. The van der Waals surface area contributed by atoms with E-state index in [0.29, 0.717) is 35.1 Å². The van der Waals surface area contributed by atoms with Gasteiger partial charge in [-0.1, -0.05) is 12.1 Å². The molecule has 27 heavy (non-hydrogen) atoms. The molecule has 0 atom stereocenters. The Labute approximate surface area is 171 Å². The number of halogens is 1. The molecule has 7 heteroatoms. The second-order valence-corrected chi connectivity index (χ2v) is 6.45. The number of amides is 1. The van der Waals surface area contributed by atoms with E-state index in [4.69, 9.17) is 14.2 Å². The summed E-state index contributed by atoms with van der Waals surface area (Å²) in [5.74, 6) is 1.16. The van der Waals surface area contributed by atoms with Gasteiger partial charge in [-0.3, -0.25) is 4.79 Å². The molecular weight excluding hydrogens is 459 g/mol. The van der Waals surface area contributed by atoms with Gasteiger partial charge in [0.05, 0.1) is 30.1 Å². The Kier molecular flexibility index (Phi) is 7.49. The Hall–Kier alpha value is -2.73. The second kappa shape index (κ2) is 9.83. The van der Waals surface area contributed by atoms with E-state index in [1.807, 2.05) is 19.1 Å². The van der Waals surface area contributed by atoms with Crippen LogP contribution >= 0.6 is 22.6 Å². The van der Waals surface area contributed by atoms with Crippen LogP contribution in [-0.4, -0.2) is 26.7 Å². The van der Waals surface area contributed by atoms with Crippen molar-refractivity contribution in [2.75, 3.05) is 26.1 Å². The summed E-state index contributed by atoms with van der Waals surface area (Å²) in [4.78, 5) is 12.5. The molecule has 2 aromatic rings. The van der Waals surface area contributed by atoms with Crippen LogP contribution < -0.4 is 19.5 Å². The molecule has 0 spiro atoms. The number of hydrogen-bond acceptors (Lipinski definition) is 5. The maximum atomic E-state index is 12.5. The van der Waals surface area contributed by atoms with Gasteiger partial charge in [0.2, 0.25) is 0 Å². The van der Waals surface area contributed by atoms with E-state index in [9.17, 15) is 10.1 Å². The number of benzene rings is 2. The SMILES string of the molecule is CCOc1c(I)cc(/C=C(\C#N)C(=O)Nc2ccccc2OC)cc1OC. The summed E-state index contributed by atoms with van der Waals surface area (Å²) in [7, 11) is 3.06. The van der Waals surface area contributed by atoms with Gasteiger partial charge >= 0.3 is 0 Å². The van der Waals surface area contributed by atoms with E-state index in [1.165, 1.54) is 13.2 Å². The highest BCUT2D eigenvalue weighted by atomic mass is 127. The number of carbonyl (C=O) groups is 1. The number of ether oxygens (including phenoxy) is 3. The van der Waals surface area contributed by atoms with Crippen LogP contribution in [0.5, 0.6) is 17.2 Å². The van der Waals surface area contributed by atoms with Crippen molar-refractivity contribution in [3.05, 3.63) is 51.1 Å². The molecule has 2 aromatic carbocycles. The molecule has 0 radical (unpaired) electrons. The lowest BCUT2D eigenvalue weighted by atomic mass is 10.1. The molecule has 2 rings (SSSR count). The summed E-state index contributed by atoms with van der Waals surface area (Å²) in [6.45, 7) is 2.39. The Morgan fingerprint density at radius 1 is 1.22 bits per heavy atom. The van der Waals surface area contributed by atoms with Gasteiger partial charge < -0.3 is 19.5 Å². The fourth-order valence-corrected chi connectivity index (χ4v) is 3.14. The topological polar surface area (TPSA) is 80.6 Å². The van der Waals surface area contributed by atoms with Gasteiger partial charge in [-0.2, -0.15) is 5.26 Å². The van der Waals surface area contributed by atoms with Crippen LogP contribution in [0.4, 0.5) is 5.69 Å². The summed E-state index contributed by atoms with van der Waals surface area (Å²) in [5, 5.41) is 12.1. The normalized spacial score (nSPS) is 10.7. The molecule has 0 fully saturated rings. The lowest BCUT2D eigenvalue weighted by molar-refractivity contribution is -0.112. The first-order chi connectivity index (χ1) is 13.0. The van der Waals surface area contributed by atoms with Crippen molar-refractivity contribution in [1.29, 1.82) is 5.26 Å². The molecule has 0 aliphatic rings. The third-order valence-electron chi connectivity index (χ3n) is 3.57. The molecule has 0 aliphatic carbocycles. The van der Waals surface area contributed by atoms with Gasteiger partial charge in [-0.25, -0.2) is 0 Å². The first-order valence-corrected chi connectivity index (χ1v) is 9.18. The van der Waals surface area contributed by atoms with Crippen molar-refractivity contribution in [3.63, 3.8) is 0 Å². The van der Waals surface area contributed by atoms with Gasteiger partial charge in [0.25, 0.3) is 5.91 Å². The summed E-state index contributed by atoms with van der Waals surface area (Å²) >= 11 is 2.13. The predicted octanol–water partition coefficient (Wildman–Crippen LogP) is 4.25. The minimum Gasteiger partial charge on any atom is -0.495 e. The molecule has 0 aliphatic heterocycles. The predicted molar refractivity (Wildman–Crippen MR) is 112 cm³/mol. The first kappa shape index (κ1) is 20.6. The first-order valence-electron chi connectivity index (χ1n) is 8.10. The van der Waals surface area contributed by atoms with Crippen molar-refractivity contribution >= 4 is 40.3 Å². The zero-order chi connectivity index (χ0) is 19.8. The minimum absolute atomic E-state index is 0.0390. The fourth-order valence-electron chi connectivity index (χ4n) is 2.36. The molecule has 6 nitrogen and oxygen atoms in total. The Morgan fingerprint density at radius 2 is 1.93 bits per heavy atom. The van der Waals surface area contributed by atoms with Crippen molar-refractivity contribution in [1.82, 2.24) is 0 Å². The van der Waals surface area contributed by atoms with Crippen LogP contribution in [0.1, 0.15) is 12.5 Å². The number of nitrogens with zero attached hydrogens (tertiary/aromatic N) is 1. The van der Waals surface area contributed by atoms with Crippen LogP contribution in [0.2, 0.25) is 0 Å². The number of rotatable bonds is 7. The molecular formula is C20H19IN2O4. The maximum absolute atomic E-state index is 12.5. The van der Waals surface area contributed by atoms with Crippen molar-refractivity contribution in [3.8, 4) is 23.3 Å². The zero-order valence-corrected chi connectivity index (χ0v) is 17.4. The molecule has 0 heterocycles. The number of nitrogens with one attached hydrogen (secondary N) is 1. The molecule has 0 saturated heterocycles. The number of hydrogen-bond donors (Lipinski definition) is 1. The van der Waals surface area contributed by atoms with E-state index >= 15 is 0 Å². The van der Waals surface area contributed by atoms with Crippen LogP contribution in [0.25, 0.3) is 6.08 Å². The molecule has 0 bridgehead atoms. The number of nitriles is 1. The number of anilines is 1. The Balaban J connectivity index is 2.34. The molecule has 1 N–H and O–H groups in total. The summed E-state index contributed by atoms with van der Waals surface area (Å²) in [6.07, 6.45) is 1.51.